The van der Waals surface area contributed by atoms with E-state index in [4.69, 9.17) is 9.47 Å². The van der Waals surface area contributed by atoms with Gasteiger partial charge in [0.1, 0.15) is 5.01 Å². The first-order valence-corrected chi connectivity index (χ1v) is 8.58. The average Bonchev–Trinajstić information content (AvgIpc) is 3.03. The zero-order valence-electron chi connectivity index (χ0n) is 11.5. The van der Waals surface area contributed by atoms with Gasteiger partial charge in [-0.05, 0) is 26.0 Å². The van der Waals surface area contributed by atoms with E-state index in [0.717, 1.165) is 15.6 Å². The van der Waals surface area contributed by atoms with Gasteiger partial charge in [0, 0.05) is 10.9 Å². The van der Waals surface area contributed by atoms with Crippen LogP contribution in [0.5, 0.6) is 11.5 Å². The van der Waals surface area contributed by atoms with Crippen LogP contribution in [0.1, 0.15) is 15.6 Å². The summed E-state index contributed by atoms with van der Waals surface area (Å²) >= 11 is 1.49. The fraction of sp³-hybridized carbons (Fsp3) is 0.308. The molecule has 0 saturated heterocycles. The fourth-order valence-electron chi connectivity index (χ4n) is 1.90. The van der Waals surface area contributed by atoms with Crippen molar-refractivity contribution in [3.63, 3.8) is 0 Å². The van der Waals surface area contributed by atoms with Crippen molar-refractivity contribution in [2.24, 2.45) is 0 Å². The minimum atomic E-state index is -3.60. The molecule has 2 aromatic rings. The lowest BCUT2D eigenvalue weighted by Crippen LogP contribution is -2.23. The quantitative estimate of drug-likeness (QED) is 0.929. The van der Waals surface area contributed by atoms with E-state index in [0.29, 0.717) is 11.5 Å². The van der Waals surface area contributed by atoms with Crippen LogP contribution in [0.4, 0.5) is 0 Å². The van der Waals surface area contributed by atoms with Gasteiger partial charge in [0.25, 0.3) is 0 Å². The largest absolute Gasteiger partial charge is 0.454 e. The Kier molecular flexibility index (Phi) is 3.60. The highest BCUT2D eigenvalue weighted by atomic mass is 32.2. The maximum atomic E-state index is 12.3. The van der Waals surface area contributed by atoms with Gasteiger partial charge >= 0.3 is 0 Å². The maximum absolute atomic E-state index is 12.3. The standard InChI is InChI=1S/C13H14N2O4S2/c1-8-9(2)20-13(15-8)6-14-21(16,17)10-3-4-11-12(5-10)19-7-18-11/h3-5,14H,6-7H2,1-2H3. The van der Waals surface area contributed by atoms with Crippen LogP contribution in [0.3, 0.4) is 0 Å². The van der Waals surface area contributed by atoms with Crippen molar-refractivity contribution in [2.45, 2.75) is 25.3 Å². The van der Waals surface area contributed by atoms with Gasteiger partial charge in [-0.3, -0.25) is 0 Å². The Labute approximate surface area is 126 Å². The molecular formula is C13H14N2O4S2. The number of nitrogens with zero attached hydrogens (tertiary/aromatic N) is 1. The number of ether oxygens (including phenoxy) is 2. The SMILES string of the molecule is Cc1nc(CNS(=O)(=O)c2ccc3c(c2)OCO3)sc1C. The summed E-state index contributed by atoms with van der Waals surface area (Å²) in [4.78, 5) is 5.55. The van der Waals surface area contributed by atoms with Crippen molar-refractivity contribution < 1.29 is 17.9 Å². The number of benzene rings is 1. The molecule has 0 unspecified atom stereocenters. The summed E-state index contributed by atoms with van der Waals surface area (Å²) in [6.07, 6.45) is 0. The normalized spacial score (nSPS) is 13.6. The molecule has 6 nitrogen and oxygen atoms in total. The smallest absolute Gasteiger partial charge is 0.241 e. The van der Waals surface area contributed by atoms with E-state index < -0.39 is 10.0 Å². The average molecular weight is 326 g/mol. The molecule has 3 rings (SSSR count). The number of fused-ring (bicyclic) bond motifs is 1. The number of aromatic nitrogens is 1. The molecule has 1 aromatic carbocycles. The van der Waals surface area contributed by atoms with E-state index in [1.54, 1.807) is 6.07 Å². The van der Waals surface area contributed by atoms with Crippen molar-refractivity contribution in [2.75, 3.05) is 6.79 Å². The highest BCUT2D eigenvalue weighted by molar-refractivity contribution is 7.89. The van der Waals surface area contributed by atoms with E-state index >= 15 is 0 Å². The van der Waals surface area contributed by atoms with E-state index in [2.05, 4.69) is 9.71 Å². The zero-order valence-corrected chi connectivity index (χ0v) is 13.2. The minimum Gasteiger partial charge on any atom is -0.454 e. The van der Waals surface area contributed by atoms with E-state index in [1.807, 2.05) is 13.8 Å². The van der Waals surface area contributed by atoms with Crippen LogP contribution >= 0.6 is 11.3 Å². The Morgan fingerprint density at radius 2 is 2.05 bits per heavy atom. The summed E-state index contributed by atoms with van der Waals surface area (Å²) in [5.41, 5.74) is 0.928. The Morgan fingerprint density at radius 1 is 1.29 bits per heavy atom. The van der Waals surface area contributed by atoms with Gasteiger partial charge in [0.05, 0.1) is 17.1 Å². The first-order valence-electron chi connectivity index (χ1n) is 6.28. The highest BCUT2D eigenvalue weighted by Gasteiger charge is 2.20. The molecule has 0 aliphatic carbocycles. The number of rotatable bonds is 4. The molecule has 8 heteroatoms. The molecule has 0 fully saturated rings. The summed E-state index contributed by atoms with van der Waals surface area (Å²) in [5.74, 6) is 0.999. The molecule has 21 heavy (non-hydrogen) atoms. The van der Waals surface area contributed by atoms with E-state index in [9.17, 15) is 8.42 Å². The van der Waals surface area contributed by atoms with Crippen LogP contribution in [-0.2, 0) is 16.6 Å². The molecule has 0 spiro atoms. The number of aryl methyl sites for hydroxylation is 2. The van der Waals surface area contributed by atoms with Crippen LogP contribution in [0.25, 0.3) is 0 Å². The second-order valence-electron chi connectivity index (χ2n) is 4.59. The van der Waals surface area contributed by atoms with Gasteiger partial charge < -0.3 is 9.47 Å². The number of hydrogen-bond donors (Lipinski definition) is 1. The molecule has 0 amide bonds. The monoisotopic (exact) mass is 326 g/mol. The third kappa shape index (κ3) is 2.87. The molecule has 0 saturated carbocycles. The first-order chi connectivity index (χ1) is 9.95. The van der Waals surface area contributed by atoms with Crippen molar-refractivity contribution in [3.8, 4) is 11.5 Å². The Balaban J connectivity index is 1.77. The minimum absolute atomic E-state index is 0.115. The van der Waals surface area contributed by atoms with Crippen LogP contribution in [0, 0.1) is 13.8 Å². The number of sulfonamides is 1. The third-order valence-corrected chi connectivity index (χ3v) is 5.61. The Bertz CT molecular complexity index is 764. The summed E-state index contributed by atoms with van der Waals surface area (Å²) in [6.45, 7) is 4.16. The maximum Gasteiger partial charge on any atom is 0.241 e. The molecule has 0 atom stereocenters. The number of thiazole rings is 1. The van der Waals surface area contributed by atoms with E-state index in [-0.39, 0.29) is 18.2 Å². The van der Waals surface area contributed by atoms with Crippen LogP contribution < -0.4 is 14.2 Å². The zero-order chi connectivity index (χ0) is 15.0. The summed E-state index contributed by atoms with van der Waals surface area (Å²) in [5, 5.41) is 0.745. The predicted octanol–water partition coefficient (Wildman–Crippen LogP) is 1.97. The van der Waals surface area contributed by atoms with Crippen LogP contribution in [0.2, 0.25) is 0 Å². The lowest BCUT2D eigenvalue weighted by molar-refractivity contribution is 0.174. The summed E-state index contributed by atoms with van der Waals surface area (Å²) in [7, 11) is -3.60. The lowest BCUT2D eigenvalue weighted by atomic mass is 10.3. The molecular weight excluding hydrogens is 312 g/mol. The molecule has 0 bridgehead atoms. The van der Waals surface area contributed by atoms with Gasteiger partial charge in [-0.2, -0.15) is 0 Å². The van der Waals surface area contributed by atoms with Gasteiger partial charge in [0.15, 0.2) is 11.5 Å². The Hall–Kier alpha value is -1.64. The molecule has 2 heterocycles. The van der Waals surface area contributed by atoms with Gasteiger partial charge in [-0.25, -0.2) is 18.1 Å². The number of hydrogen-bond acceptors (Lipinski definition) is 6. The van der Waals surface area contributed by atoms with Crippen molar-refractivity contribution in [1.82, 2.24) is 9.71 Å². The van der Waals surface area contributed by atoms with E-state index in [1.165, 1.54) is 23.5 Å². The second kappa shape index (κ2) is 5.28. The molecule has 1 aliphatic heterocycles. The van der Waals surface area contributed by atoms with Crippen LogP contribution in [-0.4, -0.2) is 20.2 Å². The third-order valence-electron chi connectivity index (χ3n) is 3.14. The van der Waals surface area contributed by atoms with Crippen LogP contribution in [0.15, 0.2) is 23.1 Å². The molecule has 1 aliphatic rings. The second-order valence-corrected chi connectivity index (χ2v) is 7.64. The Morgan fingerprint density at radius 3 is 2.76 bits per heavy atom. The first kappa shape index (κ1) is 14.3. The topological polar surface area (TPSA) is 77.5 Å². The molecule has 1 N–H and O–H groups in total. The van der Waals surface area contributed by atoms with Crippen molar-refractivity contribution in [3.05, 3.63) is 33.8 Å². The number of nitrogens with one attached hydrogen (secondary N) is 1. The molecule has 0 radical (unpaired) electrons. The molecule has 112 valence electrons. The highest BCUT2D eigenvalue weighted by Crippen LogP contribution is 2.33. The lowest BCUT2D eigenvalue weighted by Gasteiger charge is -2.06. The fourth-order valence-corrected chi connectivity index (χ4v) is 3.87. The van der Waals surface area contributed by atoms with Crippen molar-refractivity contribution in [1.29, 1.82) is 0 Å². The van der Waals surface area contributed by atoms with Gasteiger partial charge in [0.2, 0.25) is 16.8 Å². The van der Waals surface area contributed by atoms with Crippen molar-refractivity contribution >= 4 is 21.4 Å². The van der Waals surface area contributed by atoms with Gasteiger partial charge in [-0.1, -0.05) is 0 Å². The molecule has 1 aromatic heterocycles. The summed E-state index contributed by atoms with van der Waals surface area (Å²) < 4.78 is 37.4. The predicted molar refractivity (Wildman–Crippen MR) is 78.2 cm³/mol. The van der Waals surface area contributed by atoms with Gasteiger partial charge in [-0.15, -0.1) is 11.3 Å². The summed E-state index contributed by atoms with van der Waals surface area (Å²) in [6, 6.07) is 4.55.